The highest BCUT2D eigenvalue weighted by atomic mass is 32.2. The Morgan fingerprint density at radius 2 is 2.15 bits per heavy atom. The lowest BCUT2D eigenvalue weighted by molar-refractivity contribution is -0.128. The number of carbonyl (C=O) groups excluding carboxylic acids is 1. The summed E-state index contributed by atoms with van der Waals surface area (Å²) in [5.41, 5.74) is 7.13. The van der Waals surface area contributed by atoms with Crippen molar-refractivity contribution in [1.82, 2.24) is 5.43 Å². The van der Waals surface area contributed by atoms with Gasteiger partial charge < -0.3 is 5.73 Å². The zero-order chi connectivity index (χ0) is 10.3. The van der Waals surface area contributed by atoms with Crippen molar-refractivity contribution >= 4 is 17.7 Å². The number of thioether (sulfide) groups is 1. The van der Waals surface area contributed by atoms with Gasteiger partial charge in [0.1, 0.15) is 0 Å². The van der Waals surface area contributed by atoms with E-state index in [1.165, 1.54) is 0 Å². The smallest absolute Gasteiger partial charge is 0.240 e. The van der Waals surface area contributed by atoms with E-state index >= 15 is 0 Å². The quantitative estimate of drug-likeness (QED) is 0.248. The van der Waals surface area contributed by atoms with E-state index in [4.69, 9.17) is 11.6 Å². The minimum Gasteiger partial charge on any atom is -0.330 e. The largest absolute Gasteiger partial charge is 0.330 e. The first-order valence-electron chi connectivity index (χ1n) is 4.33. The number of nitrogens with two attached hydrogens (primary N) is 2. The number of hydrazine groups is 1. The highest BCUT2D eigenvalue weighted by molar-refractivity contribution is 7.99. The third-order valence-corrected chi connectivity index (χ3v) is 3.20. The van der Waals surface area contributed by atoms with Gasteiger partial charge in [-0.15, -0.1) is 0 Å². The lowest BCUT2D eigenvalue weighted by atomic mass is 9.96. The molecule has 0 heterocycles. The molecule has 0 spiro atoms. The van der Waals surface area contributed by atoms with Crippen LogP contribution in [0.2, 0.25) is 0 Å². The molecule has 0 bridgehead atoms. The van der Waals surface area contributed by atoms with Crippen LogP contribution < -0.4 is 17.0 Å². The van der Waals surface area contributed by atoms with Crippen LogP contribution in [0, 0.1) is 5.41 Å². The molecule has 0 unspecified atom stereocenters. The van der Waals surface area contributed by atoms with Crippen LogP contribution in [-0.2, 0) is 4.79 Å². The van der Waals surface area contributed by atoms with Crippen molar-refractivity contribution in [2.75, 3.05) is 18.1 Å². The summed E-state index contributed by atoms with van der Waals surface area (Å²) in [6, 6.07) is 0. The lowest BCUT2D eigenvalue weighted by Crippen LogP contribution is -2.42. The molecule has 0 saturated carbocycles. The van der Waals surface area contributed by atoms with Crippen molar-refractivity contribution in [2.24, 2.45) is 17.0 Å². The van der Waals surface area contributed by atoms with Crippen LogP contribution in [0.1, 0.15) is 20.3 Å². The minimum absolute atomic E-state index is 0.118. The van der Waals surface area contributed by atoms with Crippen LogP contribution >= 0.6 is 11.8 Å². The number of carbonyl (C=O) groups is 1. The van der Waals surface area contributed by atoms with Crippen molar-refractivity contribution in [1.29, 1.82) is 0 Å². The average Bonchev–Trinajstić information content (AvgIpc) is 2.11. The van der Waals surface area contributed by atoms with Gasteiger partial charge in [0.15, 0.2) is 0 Å². The van der Waals surface area contributed by atoms with Crippen molar-refractivity contribution in [3.05, 3.63) is 0 Å². The number of amides is 1. The van der Waals surface area contributed by atoms with E-state index < -0.39 is 5.41 Å². The van der Waals surface area contributed by atoms with Crippen molar-refractivity contribution in [3.63, 3.8) is 0 Å². The molecule has 0 aliphatic rings. The van der Waals surface area contributed by atoms with Crippen LogP contribution in [-0.4, -0.2) is 24.0 Å². The molecule has 5 heteroatoms. The van der Waals surface area contributed by atoms with E-state index in [2.05, 4.69) is 5.43 Å². The van der Waals surface area contributed by atoms with Crippen LogP contribution in [0.3, 0.4) is 0 Å². The Labute approximate surface area is 83.8 Å². The summed E-state index contributed by atoms with van der Waals surface area (Å²) < 4.78 is 0. The predicted octanol–water partition coefficient (Wildman–Crippen LogP) is 0.0845. The number of hydrogen-bond donors (Lipinski definition) is 3. The number of rotatable bonds is 6. The van der Waals surface area contributed by atoms with Gasteiger partial charge in [-0.2, -0.15) is 11.8 Å². The van der Waals surface area contributed by atoms with E-state index in [-0.39, 0.29) is 5.91 Å². The van der Waals surface area contributed by atoms with Crippen LogP contribution in [0.4, 0.5) is 0 Å². The van der Waals surface area contributed by atoms with Crippen molar-refractivity contribution in [2.45, 2.75) is 20.3 Å². The first-order valence-corrected chi connectivity index (χ1v) is 5.49. The molecule has 0 fully saturated rings. The minimum atomic E-state index is -0.395. The van der Waals surface area contributed by atoms with Crippen LogP contribution in [0.5, 0.6) is 0 Å². The number of hydrogen-bond acceptors (Lipinski definition) is 4. The fourth-order valence-electron chi connectivity index (χ4n) is 0.774. The second-order valence-corrected chi connectivity index (χ2v) is 4.66. The summed E-state index contributed by atoms with van der Waals surface area (Å²) in [5.74, 6) is 6.71. The first-order chi connectivity index (χ1) is 6.04. The molecule has 5 N–H and O–H groups in total. The van der Waals surface area contributed by atoms with E-state index in [9.17, 15) is 4.79 Å². The zero-order valence-electron chi connectivity index (χ0n) is 8.30. The van der Waals surface area contributed by atoms with E-state index in [0.29, 0.717) is 6.54 Å². The van der Waals surface area contributed by atoms with Crippen molar-refractivity contribution in [3.8, 4) is 0 Å². The standard InChI is InChI=1S/C8H19N3OS/c1-8(2,7(12)11-10)6-13-5-3-4-9/h3-6,9-10H2,1-2H3,(H,11,12). The van der Waals surface area contributed by atoms with Gasteiger partial charge in [0.2, 0.25) is 5.91 Å². The molecule has 0 radical (unpaired) electrons. The van der Waals surface area contributed by atoms with Crippen LogP contribution in [0.15, 0.2) is 0 Å². The second kappa shape index (κ2) is 6.23. The molecule has 0 atom stereocenters. The first kappa shape index (κ1) is 12.7. The summed E-state index contributed by atoms with van der Waals surface area (Å²) in [6.07, 6.45) is 0.991. The van der Waals surface area contributed by atoms with Gasteiger partial charge in [0.05, 0.1) is 5.41 Å². The molecule has 0 aromatic rings. The SMILES string of the molecule is CC(C)(CSCCCN)C(=O)NN. The fourth-order valence-corrected chi connectivity index (χ4v) is 1.93. The molecule has 1 amide bonds. The maximum Gasteiger partial charge on any atom is 0.240 e. The van der Waals surface area contributed by atoms with Gasteiger partial charge in [-0.1, -0.05) is 13.8 Å². The molecule has 0 aliphatic carbocycles. The second-order valence-electron chi connectivity index (χ2n) is 3.55. The average molecular weight is 205 g/mol. The van der Waals surface area contributed by atoms with Crippen LogP contribution in [0.25, 0.3) is 0 Å². The molecule has 4 nitrogen and oxygen atoms in total. The molecule has 0 saturated heterocycles. The lowest BCUT2D eigenvalue weighted by Gasteiger charge is -2.21. The summed E-state index contributed by atoms with van der Waals surface area (Å²) in [6.45, 7) is 4.46. The Morgan fingerprint density at radius 1 is 1.54 bits per heavy atom. The van der Waals surface area contributed by atoms with Gasteiger partial charge in [0.25, 0.3) is 0 Å². The van der Waals surface area contributed by atoms with Crippen molar-refractivity contribution < 1.29 is 4.79 Å². The van der Waals surface area contributed by atoms with E-state index in [1.54, 1.807) is 11.8 Å². The maximum absolute atomic E-state index is 11.2. The highest BCUT2D eigenvalue weighted by Crippen LogP contribution is 2.21. The molecule has 78 valence electrons. The monoisotopic (exact) mass is 205 g/mol. The molecule has 13 heavy (non-hydrogen) atoms. The maximum atomic E-state index is 11.2. The number of nitrogens with one attached hydrogen (secondary N) is 1. The van der Waals surface area contributed by atoms with Gasteiger partial charge in [-0.3, -0.25) is 10.2 Å². The third-order valence-electron chi connectivity index (χ3n) is 1.70. The summed E-state index contributed by atoms with van der Waals surface area (Å²) in [4.78, 5) is 11.2. The van der Waals surface area contributed by atoms with Gasteiger partial charge in [0, 0.05) is 5.75 Å². The van der Waals surface area contributed by atoms with Gasteiger partial charge >= 0.3 is 0 Å². The molecule has 0 rings (SSSR count). The Kier molecular flexibility index (Phi) is 6.11. The molecular formula is C8H19N3OS. The fraction of sp³-hybridized carbons (Fsp3) is 0.875. The summed E-state index contributed by atoms with van der Waals surface area (Å²) in [7, 11) is 0. The highest BCUT2D eigenvalue weighted by Gasteiger charge is 2.26. The Balaban J connectivity index is 3.69. The summed E-state index contributed by atoms with van der Waals surface area (Å²) in [5, 5.41) is 0. The molecular weight excluding hydrogens is 186 g/mol. The molecule has 0 aromatic carbocycles. The van der Waals surface area contributed by atoms with Gasteiger partial charge in [-0.05, 0) is 18.7 Å². The van der Waals surface area contributed by atoms with E-state index in [0.717, 1.165) is 17.9 Å². The Hall–Kier alpha value is -0.260. The Bertz CT molecular complexity index is 161. The van der Waals surface area contributed by atoms with Gasteiger partial charge in [-0.25, -0.2) is 5.84 Å². The molecule has 0 aromatic heterocycles. The molecule has 0 aliphatic heterocycles. The topological polar surface area (TPSA) is 81.1 Å². The van der Waals surface area contributed by atoms with E-state index in [1.807, 2.05) is 13.8 Å². The summed E-state index contributed by atoms with van der Waals surface area (Å²) >= 11 is 1.73. The Morgan fingerprint density at radius 3 is 2.62 bits per heavy atom. The zero-order valence-corrected chi connectivity index (χ0v) is 9.12. The predicted molar refractivity (Wildman–Crippen MR) is 57.1 cm³/mol. The normalized spacial score (nSPS) is 11.4. The third kappa shape index (κ3) is 5.13.